The number of nitrogens with zero attached hydrogens (tertiary/aromatic N) is 3. The van der Waals surface area contributed by atoms with Crippen LogP contribution in [-0.2, 0) is 7.05 Å². The molecule has 0 bridgehead atoms. The van der Waals surface area contributed by atoms with Gasteiger partial charge in [0.25, 0.3) is 0 Å². The van der Waals surface area contributed by atoms with Crippen molar-refractivity contribution in [3.63, 3.8) is 0 Å². The van der Waals surface area contributed by atoms with Crippen LogP contribution in [0.25, 0.3) is 0 Å². The Kier molecular flexibility index (Phi) is 4.10. The van der Waals surface area contributed by atoms with Crippen LogP contribution in [0.1, 0.15) is 32.4 Å². The molecule has 0 unspecified atom stereocenters. The molecule has 92 valence electrons. The topological polar surface area (TPSA) is 73.0 Å². The number of aromatic nitrogens is 2. The number of nitro groups is 1. The molecule has 1 aromatic heterocycles. The van der Waals surface area contributed by atoms with Crippen LogP contribution in [0.15, 0.2) is 0 Å². The number of anilines is 1. The van der Waals surface area contributed by atoms with Gasteiger partial charge in [0.1, 0.15) is 5.69 Å². The minimum Gasteiger partial charge on any atom is -0.354 e. The van der Waals surface area contributed by atoms with E-state index in [1.165, 1.54) is 4.68 Å². The van der Waals surface area contributed by atoms with Crippen LogP contribution in [0.5, 0.6) is 0 Å². The largest absolute Gasteiger partial charge is 0.354 e. The summed E-state index contributed by atoms with van der Waals surface area (Å²) >= 11 is 0. The van der Waals surface area contributed by atoms with Gasteiger partial charge in [-0.1, -0.05) is 19.8 Å². The summed E-state index contributed by atoms with van der Waals surface area (Å²) in [6, 6.07) is 0. The first kappa shape index (κ1) is 13.0. The lowest BCUT2D eigenvalue weighted by Crippen LogP contribution is -2.06. The predicted molar refractivity (Wildman–Crippen MR) is 65.9 cm³/mol. The van der Waals surface area contributed by atoms with Crippen molar-refractivity contribution in [2.75, 3.05) is 11.9 Å². The summed E-state index contributed by atoms with van der Waals surface area (Å²) in [6.07, 6.45) is 0. The van der Waals surface area contributed by atoms with Crippen LogP contribution in [0.3, 0.4) is 0 Å². The van der Waals surface area contributed by atoms with E-state index in [2.05, 4.69) is 22.3 Å². The highest BCUT2D eigenvalue weighted by Gasteiger charge is 2.27. The maximum absolute atomic E-state index is 11.1. The van der Waals surface area contributed by atoms with Crippen LogP contribution in [0.4, 0.5) is 11.5 Å². The van der Waals surface area contributed by atoms with Crippen LogP contribution in [-0.4, -0.2) is 21.2 Å². The van der Waals surface area contributed by atoms with Gasteiger partial charge in [0.05, 0.1) is 11.5 Å². The van der Waals surface area contributed by atoms with Crippen LogP contribution < -0.4 is 5.32 Å². The second kappa shape index (κ2) is 5.34. The first-order valence-corrected chi connectivity index (χ1v) is 5.33. The van der Waals surface area contributed by atoms with Gasteiger partial charge in [-0.05, 0) is 6.92 Å². The highest BCUT2D eigenvalue weighted by atomic mass is 16.6. The summed E-state index contributed by atoms with van der Waals surface area (Å²) in [6.45, 7) is 5.85. The van der Waals surface area contributed by atoms with Crippen molar-refractivity contribution in [3.05, 3.63) is 15.8 Å². The molecule has 0 aliphatic carbocycles. The van der Waals surface area contributed by atoms with Gasteiger partial charge >= 0.3 is 5.69 Å². The summed E-state index contributed by atoms with van der Waals surface area (Å²) < 4.78 is 1.49. The van der Waals surface area contributed by atoms with Crippen molar-refractivity contribution in [2.24, 2.45) is 7.05 Å². The van der Waals surface area contributed by atoms with Crippen molar-refractivity contribution < 1.29 is 4.92 Å². The second-order valence-corrected chi connectivity index (χ2v) is 3.90. The first-order chi connectivity index (χ1) is 7.99. The Labute approximate surface area is 100 Å². The van der Waals surface area contributed by atoms with E-state index in [1.807, 2.05) is 13.8 Å². The van der Waals surface area contributed by atoms with Crippen LogP contribution >= 0.6 is 0 Å². The van der Waals surface area contributed by atoms with E-state index in [9.17, 15) is 10.1 Å². The Morgan fingerprint density at radius 1 is 1.59 bits per heavy atom. The Balaban J connectivity index is 3.16. The zero-order chi connectivity index (χ0) is 13.0. The molecule has 0 atom stereocenters. The minimum atomic E-state index is -0.399. The molecule has 0 radical (unpaired) electrons. The maximum Gasteiger partial charge on any atom is 0.334 e. The Morgan fingerprint density at radius 3 is 2.71 bits per heavy atom. The average Bonchev–Trinajstić information content (AvgIpc) is 2.57. The Morgan fingerprint density at radius 2 is 2.24 bits per heavy atom. The molecule has 0 spiro atoms. The van der Waals surface area contributed by atoms with Gasteiger partial charge in [-0.15, -0.1) is 5.92 Å². The van der Waals surface area contributed by atoms with E-state index in [0.717, 1.165) is 0 Å². The molecular formula is C11H16N4O2. The van der Waals surface area contributed by atoms with Gasteiger partial charge in [-0.2, -0.15) is 5.10 Å². The fraction of sp³-hybridized carbons (Fsp3) is 0.545. The summed E-state index contributed by atoms with van der Waals surface area (Å²) in [7, 11) is 1.68. The van der Waals surface area contributed by atoms with Crippen LogP contribution in [0.2, 0.25) is 0 Å². The molecule has 0 aliphatic heterocycles. The van der Waals surface area contributed by atoms with E-state index >= 15 is 0 Å². The van der Waals surface area contributed by atoms with Gasteiger partial charge in [-0.25, -0.2) is 4.68 Å². The zero-order valence-electron chi connectivity index (χ0n) is 10.4. The lowest BCUT2D eigenvalue weighted by atomic mass is 10.1. The molecule has 0 fully saturated rings. The number of rotatable bonds is 4. The fourth-order valence-electron chi connectivity index (χ4n) is 1.52. The number of hydrogen-bond acceptors (Lipinski definition) is 4. The standard InChI is InChI=1S/C11H16N4O2/c1-5-6-7-12-11-10(15(16)17)9(8(2)3)13-14(11)4/h8,12H,7H2,1-4H3. The molecule has 1 rings (SSSR count). The fourth-order valence-corrected chi connectivity index (χ4v) is 1.52. The van der Waals surface area contributed by atoms with Crippen molar-refractivity contribution in [3.8, 4) is 11.8 Å². The first-order valence-electron chi connectivity index (χ1n) is 5.33. The monoisotopic (exact) mass is 236 g/mol. The molecule has 1 N–H and O–H groups in total. The maximum atomic E-state index is 11.1. The molecule has 17 heavy (non-hydrogen) atoms. The van der Waals surface area contributed by atoms with Gasteiger partial charge < -0.3 is 5.32 Å². The molecule has 1 aromatic rings. The molecule has 0 aliphatic rings. The molecule has 6 heteroatoms. The average molecular weight is 236 g/mol. The predicted octanol–water partition coefficient (Wildman–Crippen LogP) is 1.89. The number of hydrogen-bond donors (Lipinski definition) is 1. The van der Waals surface area contributed by atoms with Gasteiger partial charge in [0, 0.05) is 13.0 Å². The van der Waals surface area contributed by atoms with Crippen molar-refractivity contribution in [1.82, 2.24) is 9.78 Å². The SMILES string of the molecule is CC#CCNc1c([N+](=O)[O-])c(C(C)C)nn1C. The van der Waals surface area contributed by atoms with E-state index in [-0.39, 0.29) is 11.6 Å². The smallest absolute Gasteiger partial charge is 0.334 e. The molecule has 0 amide bonds. The number of nitrogens with one attached hydrogen (secondary N) is 1. The van der Waals surface area contributed by atoms with E-state index in [0.29, 0.717) is 18.1 Å². The van der Waals surface area contributed by atoms with E-state index in [1.54, 1.807) is 14.0 Å². The summed E-state index contributed by atoms with van der Waals surface area (Å²) in [5.41, 5.74) is 0.532. The second-order valence-electron chi connectivity index (χ2n) is 3.90. The minimum absolute atomic E-state index is 0.00871. The highest BCUT2D eigenvalue weighted by molar-refractivity contribution is 5.61. The third-order valence-electron chi connectivity index (χ3n) is 2.30. The third kappa shape index (κ3) is 2.75. The number of aryl methyl sites for hydroxylation is 1. The normalized spacial score (nSPS) is 9.94. The molecule has 0 aromatic carbocycles. The van der Waals surface area contributed by atoms with E-state index in [4.69, 9.17) is 0 Å². The summed E-state index contributed by atoms with van der Waals surface area (Å²) in [4.78, 5) is 10.7. The van der Waals surface area contributed by atoms with Crippen molar-refractivity contribution >= 4 is 11.5 Å². The van der Waals surface area contributed by atoms with Crippen molar-refractivity contribution in [2.45, 2.75) is 26.7 Å². The lowest BCUT2D eigenvalue weighted by Gasteiger charge is -2.01. The summed E-state index contributed by atoms with van der Waals surface area (Å²) in [5, 5.41) is 18.2. The summed E-state index contributed by atoms with van der Waals surface area (Å²) in [5.74, 6) is 5.94. The lowest BCUT2D eigenvalue weighted by molar-refractivity contribution is -0.384. The molecule has 0 saturated heterocycles. The third-order valence-corrected chi connectivity index (χ3v) is 2.30. The molecule has 0 saturated carbocycles. The van der Waals surface area contributed by atoms with Gasteiger partial charge in [0.15, 0.2) is 0 Å². The van der Waals surface area contributed by atoms with Crippen molar-refractivity contribution in [1.29, 1.82) is 0 Å². The van der Waals surface area contributed by atoms with Crippen LogP contribution in [0, 0.1) is 22.0 Å². The van der Waals surface area contributed by atoms with E-state index < -0.39 is 4.92 Å². The van der Waals surface area contributed by atoms with Gasteiger partial charge in [-0.3, -0.25) is 10.1 Å². The zero-order valence-corrected chi connectivity index (χ0v) is 10.4. The van der Waals surface area contributed by atoms with Gasteiger partial charge in [0.2, 0.25) is 5.82 Å². The Hall–Kier alpha value is -2.03. The molecule has 6 nitrogen and oxygen atoms in total. The molecular weight excluding hydrogens is 220 g/mol. The highest BCUT2D eigenvalue weighted by Crippen LogP contribution is 2.32. The quantitative estimate of drug-likeness (QED) is 0.492. The Bertz CT molecular complexity index is 480. The molecule has 1 heterocycles.